The zero-order chi connectivity index (χ0) is 32.2. The molecule has 9 nitrogen and oxygen atoms in total. The van der Waals surface area contributed by atoms with E-state index in [2.05, 4.69) is 19.7 Å². The first-order valence-electron chi connectivity index (χ1n) is 13.7. The molecule has 0 fully saturated rings. The summed E-state index contributed by atoms with van der Waals surface area (Å²) in [6, 6.07) is 18.4. The Morgan fingerprint density at radius 1 is 0.568 bits per heavy atom. The SMILES string of the molecule is C=C(C)C(=O)OCCOc1ccc(-c2ccc(-c3ccc(OC(=O)C(=C)C)cc3OC)cc2)cc1OCCOC(=O)C(=C)C. The molecule has 0 heterocycles. The van der Waals surface area contributed by atoms with Crippen molar-refractivity contribution in [3.8, 4) is 45.3 Å². The lowest BCUT2D eigenvalue weighted by Crippen LogP contribution is -2.14. The summed E-state index contributed by atoms with van der Waals surface area (Å²) in [5.41, 5.74) is 4.35. The summed E-state index contributed by atoms with van der Waals surface area (Å²) < 4.78 is 32.8. The molecule has 0 aliphatic rings. The molecule has 0 N–H and O–H groups in total. The van der Waals surface area contributed by atoms with Crippen LogP contribution in [0, 0.1) is 0 Å². The molecule has 0 atom stereocenters. The normalized spacial score (nSPS) is 10.3. The number of rotatable bonds is 15. The van der Waals surface area contributed by atoms with Crippen molar-refractivity contribution in [2.24, 2.45) is 0 Å². The number of ether oxygens (including phenoxy) is 6. The van der Waals surface area contributed by atoms with E-state index in [0.29, 0.717) is 39.7 Å². The van der Waals surface area contributed by atoms with E-state index in [1.807, 2.05) is 42.5 Å². The van der Waals surface area contributed by atoms with Crippen LogP contribution in [0.2, 0.25) is 0 Å². The second-order valence-electron chi connectivity index (χ2n) is 9.80. The van der Waals surface area contributed by atoms with E-state index < -0.39 is 17.9 Å². The molecule has 0 aliphatic carbocycles. The molecule has 44 heavy (non-hydrogen) atoms. The van der Waals surface area contributed by atoms with E-state index in [1.165, 1.54) is 0 Å². The van der Waals surface area contributed by atoms with E-state index in [0.717, 1.165) is 22.3 Å². The van der Waals surface area contributed by atoms with Gasteiger partial charge in [0.1, 0.15) is 37.9 Å². The maximum absolute atomic E-state index is 11.9. The van der Waals surface area contributed by atoms with Crippen molar-refractivity contribution >= 4 is 17.9 Å². The van der Waals surface area contributed by atoms with Gasteiger partial charge in [-0.1, -0.05) is 50.1 Å². The van der Waals surface area contributed by atoms with E-state index in [1.54, 1.807) is 46.1 Å². The lowest BCUT2D eigenvalue weighted by Gasteiger charge is -2.15. The Labute approximate surface area is 257 Å². The predicted octanol–water partition coefficient (Wildman–Crippen LogP) is 6.51. The van der Waals surface area contributed by atoms with Crippen molar-refractivity contribution in [2.75, 3.05) is 33.5 Å². The first kappa shape index (κ1) is 33.2. The van der Waals surface area contributed by atoms with Gasteiger partial charge < -0.3 is 28.4 Å². The Hall–Kier alpha value is -5.31. The molecule has 9 heteroatoms. The minimum absolute atomic E-state index is 0.0211. The van der Waals surface area contributed by atoms with E-state index >= 15 is 0 Å². The van der Waals surface area contributed by atoms with Crippen LogP contribution in [0.4, 0.5) is 0 Å². The molecule has 230 valence electrons. The number of carbonyl (C=O) groups excluding carboxylic acids is 3. The van der Waals surface area contributed by atoms with Gasteiger partial charge in [-0.05, 0) is 61.7 Å². The van der Waals surface area contributed by atoms with Crippen LogP contribution in [0.3, 0.4) is 0 Å². The predicted molar refractivity (Wildman–Crippen MR) is 167 cm³/mol. The molecule has 0 amide bonds. The van der Waals surface area contributed by atoms with Crippen LogP contribution < -0.4 is 18.9 Å². The molecule has 0 bridgehead atoms. The highest BCUT2D eigenvalue weighted by atomic mass is 16.6. The number of methoxy groups -OCH3 is 1. The van der Waals surface area contributed by atoms with Crippen LogP contribution in [0.15, 0.2) is 97.1 Å². The highest BCUT2D eigenvalue weighted by Crippen LogP contribution is 2.36. The molecule has 0 radical (unpaired) electrons. The lowest BCUT2D eigenvalue weighted by atomic mass is 9.99. The van der Waals surface area contributed by atoms with Crippen LogP contribution in [-0.4, -0.2) is 51.4 Å². The zero-order valence-corrected chi connectivity index (χ0v) is 25.4. The number of hydrogen-bond donors (Lipinski definition) is 0. The average Bonchev–Trinajstić information content (AvgIpc) is 3.01. The maximum atomic E-state index is 11.9. The van der Waals surface area contributed by atoms with Crippen LogP contribution in [-0.2, 0) is 23.9 Å². The van der Waals surface area contributed by atoms with Crippen LogP contribution in [0.1, 0.15) is 20.8 Å². The summed E-state index contributed by atoms with van der Waals surface area (Å²) in [6.45, 7) is 15.7. The summed E-state index contributed by atoms with van der Waals surface area (Å²) in [6.07, 6.45) is 0. The van der Waals surface area contributed by atoms with Gasteiger partial charge in [0.25, 0.3) is 0 Å². The monoisotopic (exact) mass is 600 g/mol. The minimum Gasteiger partial charge on any atom is -0.496 e. The van der Waals surface area contributed by atoms with Gasteiger partial charge in [-0.25, -0.2) is 14.4 Å². The van der Waals surface area contributed by atoms with Gasteiger partial charge in [0.2, 0.25) is 0 Å². The molecule has 0 spiro atoms. The van der Waals surface area contributed by atoms with Gasteiger partial charge in [0, 0.05) is 28.3 Å². The molecule has 0 saturated heterocycles. The molecule has 0 unspecified atom stereocenters. The molecule has 3 rings (SSSR count). The number of benzene rings is 3. The average molecular weight is 601 g/mol. The fraction of sp³-hybridized carbons (Fsp3) is 0.229. The van der Waals surface area contributed by atoms with Crippen LogP contribution in [0.5, 0.6) is 23.0 Å². The molecule has 0 saturated carbocycles. The molecular weight excluding hydrogens is 564 g/mol. The Balaban J connectivity index is 1.79. The van der Waals surface area contributed by atoms with Crippen LogP contribution >= 0.6 is 0 Å². The second-order valence-corrected chi connectivity index (χ2v) is 9.80. The smallest absolute Gasteiger partial charge is 0.338 e. The lowest BCUT2D eigenvalue weighted by molar-refractivity contribution is -0.140. The molecular formula is C35H36O9. The summed E-state index contributed by atoms with van der Waals surface area (Å²) >= 11 is 0. The summed E-state index contributed by atoms with van der Waals surface area (Å²) in [5, 5.41) is 0. The number of esters is 3. The Kier molecular flexibility index (Phi) is 11.9. The quantitative estimate of drug-likeness (QED) is 0.0835. The zero-order valence-electron chi connectivity index (χ0n) is 25.4. The molecule has 3 aromatic rings. The third kappa shape index (κ3) is 9.35. The van der Waals surface area contributed by atoms with Crippen molar-refractivity contribution in [1.29, 1.82) is 0 Å². The van der Waals surface area contributed by atoms with Crippen molar-refractivity contribution in [2.45, 2.75) is 20.8 Å². The Morgan fingerprint density at radius 2 is 1.09 bits per heavy atom. The van der Waals surface area contributed by atoms with Crippen molar-refractivity contribution < 1.29 is 42.8 Å². The highest BCUT2D eigenvalue weighted by molar-refractivity contribution is 5.89. The Morgan fingerprint density at radius 3 is 1.64 bits per heavy atom. The first-order valence-corrected chi connectivity index (χ1v) is 13.7. The van der Waals surface area contributed by atoms with Crippen LogP contribution in [0.25, 0.3) is 22.3 Å². The van der Waals surface area contributed by atoms with Gasteiger partial charge in [-0.3, -0.25) is 0 Å². The molecule has 3 aromatic carbocycles. The van der Waals surface area contributed by atoms with E-state index in [4.69, 9.17) is 28.4 Å². The summed E-state index contributed by atoms with van der Waals surface area (Å²) in [7, 11) is 1.55. The maximum Gasteiger partial charge on any atom is 0.338 e. The standard InChI is InChI=1S/C35H36O9/c1-22(2)33(36)42-18-16-40-30-15-12-27(20-32(30)41-17-19-43-34(37)23(3)4)25-8-10-26(11-9-25)29-14-13-28(21-31(29)39-7)44-35(38)24(5)6/h8-15,20-21H,1,3,5,16-19H2,2,4,6-7H3. The van der Waals surface area contributed by atoms with Gasteiger partial charge in [0.15, 0.2) is 11.5 Å². The largest absolute Gasteiger partial charge is 0.496 e. The summed E-state index contributed by atoms with van der Waals surface area (Å²) in [4.78, 5) is 35.3. The van der Waals surface area contributed by atoms with Gasteiger partial charge in [0.05, 0.1) is 7.11 Å². The third-order valence-electron chi connectivity index (χ3n) is 6.05. The van der Waals surface area contributed by atoms with Crippen molar-refractivity contribution in [3.63, 3.8) is 0 Å². The fourth-order valence-corrected chi connectivity index (χ4v) is 3.75. The van der Waals surface area contributed by atoms with Crippen molar-refractivity contribution in [3.05, 3.63) is 97.1 Å². The Bertz CT molecular complexity index is 1550. The van der Waals surface area contributed by atoms with E-state index in [-0.39, 0.29) is 26.4 Å². The fourth-order valence-electron chi connectivity index (χ4n) is 3.75. The van der Waals surface area contributed by atoms with Gasteiger partial charge in [-0.2, -0.15) is 0 Å². The first-order chi connectivity index (χ1) is 21.0. The molecule has 0 aromatic heterocycles. The third-order valence-corrected chi connectivity index (χ3v) is 6.05. The number of hydrogen-bond acceptors (Lipinski definition) is 9. The van der Waals surface area contributed by atoms with Gasteiger partial charge >= 0.3 is 17.9 Å². The molecule has 0 aliphatic heterocycles. The second kappa shape index (κ2) is 15.8. The topological polar surface area (TPSA) is 107 Å². The van der Waals surface area contributed by atoms with Gasteiger partial charge in [-0.15, -0.1) is 0 Å². The van der Waals surface area contributed by atoms with E-state index in [9.17, 15) is 14.4 Å². The number of carbonyl (C=O) groups is 3. The summed E-state index contributed by atoms with van der Waals surface area (Å²) in [5.74, 6) is 0.242. The highest BCUT2D eigenvalue weighted by Gasteiger charge is 2.13. The minimum atomic E-state index is -0.511. The van der Waals surface area contributed by atoms with Crippen molar-refractivity contribution in [1.82, 2.24) is 0 Å².